The third kappa shape index (κ3) is 5.85. The van der Waals surface area contributed by atoms with E-state index in [1.807, 2.05) is 11.3 Å². The van der Waals surface area contributed by atoms with Gasteiger partial charge in [0.15, 0.2) is 0 Å². The highest BCUT2D eigenvalue weighted by atomic mass is 32.1. The van der Waals surface area contributed by atoms with E-state index in [1.165, 1.54) is 97.4 Å². The minimum Gasteiger partial charge on any atom is -0.310 e. The average Bonchev–Trinajstić information content (AvgIpc) is 3.91. The van der Waals surface area contributed by atoms with Gasteiger partial charge in [-0.25, -0.2) is 0 Å². The Kier molecular flexibility index (Phi) is 8.69. The number of thiophene rings is 1. The highest BCUT2D eigenvalue weighted by molar-refractivity contribution is 7.27. The Morgan fingerprint density at radius 3 is 1.68 bits per heavy atom. The average molecular weight is 844 g/mol. The van der Waals surface area contributed by atoms with Crippen molar-refractivity contribution in [3.63, 3.8) is 0 Å². The summed E-state index contributed by atoms with van der Waals surface area (Å²) in [5, 5.41) is 7.84. The SMILES string of the molecule is c1ccc(-c2cccc(N(c3ccc(-c4cccc5c4sc4c5ccc5ccc6ccccc6c54)cc3)c3ccc4c(c3)C(c3ccccc3)(c3ccccc3)c3ccccc3-4)c2)cc1. The molecule has 0 saturated heterocycles. The van der Waals surface area contributed by atoms with Gasteiger partial charge in [0.2, 0.25) is 0 Å². The fourth-order valence-corrected chi connectivity index (χ4v) is 12.2. The molecule has 0 amide bonds. The van der Waals surface area contributed by atoms with Crippen molar-refractivity contribution in [1.82, 2.24) is 0 Å². The van der Waals surface area contributed by atoms with Gasteiger partial charge in [0, 0.05) is 42.6 Å². The molecule has 1 nitrogen and oxygen atoms in total. The molecule has 0 saturated carbocycles. The lowest BCUT2D eigenvalue weighted by atomic mass is 9.67. The third-order valence-electron chi connectivity index (χ3n) is 13.7. The molecule has 12 aromatic rings. The normalized spacial score (nSPS) is 12.7. The predicted molar refractivity (Wildman–Crippen MR) is 277 cm³/mol. The van der Waals surface area contributed by atoms with E-state index in [9.17, 15) is 0 Å². The molecule has 0 atom stereocenters. The minimum absolute atomic E-state index is 0.508. The summed E-state index contributed by atoms with van der Waals surface area (Å²) in [5.41, 5.74) is 15.3. The molecule has 304 valence electrons. The first-order valence-corrected chi connectivity index (χ1v) is 23.2. The van der Waals surface area contributed by atoms with Crippen molar-refractivity contribution < 1.29 is 0 Å². The predicted octanol–water partition coefficient (Wildman–Crippen LogP) is 17.5. The van der Waals surface area contributed by atoms with Crippen LogP contribution >= 0.6 is 11.3 Å². The number of hydrogen-bond acceptors (Lipinski definition) is 2. The molecule has 0 unspecified atom stereocenters. The molecule has 0 spiro atoms. The maximum atomic E-state index is 2.46. The summed E-state index contributed by atoms with van der Waals surface area (Å²) in [6.45, 7) is 0. The lowest BCUT2D eigenvalue weighted by Crippen LogP contribution is -2.28. The van der Waals surface area contributed by atoms with Crippen LogP contribution in [0.4, 0.5) is 17.1 Å². The Morgan fingerprint density at radius 1 is 0.308 bits per heavy atom. The second-order valence-electron chi connectivity index (χ2n) is 17.2. The number of anilines is 3. The molecular formula is C63H41NS. The summed E-state index contributed by atoms with van der Waals surface area (Å²) < 4.78 is 2.67. The largest absolute Gasteiger partial charge is 0.310 e. The van der Waals surface area contributed by atoms with E-state index in [0.717, 1.165) is 17.1 Å². The summed E-state index contributed by atoms with van der Waals surface area (Å²) >= 11 is 1.92. The maximum absolute atomic E-state index is 2.46. The van der Waals surface area contributed by atoms with Crippen molar-refractivity contribution in [3.05, 3.63) is 271 Å². The van der Waals surface area contributed by atoms with Crippen molar-refractivity contribution in [2.75, 3.05) is 4.90 Å². The van der Waals surface area contributed by atoms with Gasteiger partial charge in [0.25, 0.3) is 0 Å². The van der Waals surface area contributed by atoms with Gasteiger partial charge >= 0.3 is 0 Å². The minimum atomic E-state index is -0.508. The van der Waals surface area contributed by atoms with E-state index >= 15 is 0 Å². The molecule has 0 radical (unpaired) electrons. The molecular weight excluding hydrogens is 803 g/mol. The highest BCUT2D eigenvalue weighted by Gasteiger charge is 2.46. The monoisotopic (exact) mass is 843 g/mol. The second kappa shape index (κ2) is 15.1. The van der Waals surface area contributed by atoms with Crippen LogP contribution in [-0.4, -0.2) is 0 Å². The number of hydrogen-bond donors (Lipinski definition) is 0. The van der Waals surface area contributed by atoms with Crippen LogP contribution in [0.15, 0.2) is 249 Å². The fourth-order valence-electron chi connectivity index (χ4n) is 10.8. The fraction of sp³-hybridized carbons (Fsp3) is 0.0159. The van der Waals surface area contributed by atoms with Gasteiger partial charge < -0.3 is 4.90 Å². The Morgan fingerprint density at radius 2 is 0.877 bits per heavy atom. The highest BCUT2D eigenvalue weighted by Crippen LogP contribution is 2.57. The summed E-state index contributed by atoms with van der Waals surface area (Å²) in [4.78, 5) is 2.44. The van der Waals surface area contributed by atoms with Crippen LogP contribution in [0.25, 0.3) is 75.1 Å². The Balaban J connectivity index is 0.998. The van der Waals surface area contributed by atoms with Gasteiger partial charge in [-0.2, -0.15) is 0 Å². The van der Waals surface area contributed by atoms with Gasteiger partial charge in [-0.05, 0) is 108 Å². The second-order valence-corrected chi connectivity index (χ2v) is 18.2. The molecule has 0 fully saturated rings. The van der Waals surface area contributed by atoms with Gasteiger partial charge in [0.05, 0.1) is 5.41 Å². The van der Waals surface area contributed by atoms with Crippen molar-refractivity contribution >= 4 is 70.1 Å². The number of benzene rings is 11. The van der Waals surface area contributed by atoms with Crippen LogP contribution in [0.5, 0.6) is 0 Å². The van der Waals surface area contributed by atoms with Gasteiger partial charge in [-0.3, -0.25) is 0 Å². The van der Waals surface area contributed by atoms with Crippen LogP contribution in [0.2, 0.25) is 0 Å². The van der Waals surface area contributed by atoms with Crippen LogP contribution in [0.1, 0.15) is 22.3 Å². The van der Waals surface area contributed by atoms with E-state index < -0.39 is 5.41 Å². The molecule has 1 aromatic heterocycles. The summed E-state index contributed by atoms with van der Waals surface area (Å²) in [6, 6.07) is 91.9. The molecule has 11 aromatic carbocycles. The van der Waals surface area contributed by atoms with Crippen molar-refractivity contribution in [1.29, 1.82) is 0 Å². The first kappa shape index (κ1) is 37.5. The molecule has 2 heteroatoms. The molecule has 1 aliphatic carbocycles. The van der Waals surface area contributed by atoms with E-state index in [1.54, 1.807) is 0 Å². The van der Waals surface area contributed by atoms with Crippen molar-refractivity contribution in [3.8, 4) is 33.4 Å². The van der Waals surface area contributed by atoms with E-state index in [0.29, 0.717) is 0 Å². The molecule has 1 aliphatic rings. The summed E-state index contributed by atoms with van der Waals surface area (Å²) in [6.07, 6.45) is 0. The van der Waals surface area contributed by atoms with E-state index in [4.69, 9.17) is 0 Å². The van der Waals surface area contributed by atoms with Crippen LogP contribution in [0.3, 0.4) is 0 Å². The zero-order chi connectivity index (χ0) is 42.9. The third-order valence-corrected chi connectivity index (χ3v) is 15.0. The number of rotatable bonds is 7. The number of fused-ring (bicyclic) bond motifs is 10. The van der Waals surface area contributed by atoms with Gasteiger partial charge in [-0.15, -0.1) is 11.3 Å². The van der Waals surface area contributed by atoms with Crippen molar-refractivity contribution in [2.24, 2.45) is 0 Å². The van der Waals surface area contributed by atoms with Gasteiger partial charge in [-0.1, -0.05) is 212 Å². The summed E-state index contributed by atoms with van der Waals surface area (Å²) in [7, 11) is 0. The van der Waals surface area contributed by atoms with Crippen LogP contribution in [-0.2, 0) is 5.41 Å². The van der Waals surface area contributed by atoms with Gasteiger partial charge in [0.1, 0.15) is 0 Å². The van der Waals surface area contributed by atoms with E-state index in [-0.39, 0.29) is 0 Å². The zero-order valence-corrected chi connectivity index (χ0v) is 36.3. The molecule has 0 bridgehead atoms. The topological polar surface area (TPSA) is 3.24 Å². The molecule has 13 rings (SSSR count). The van der Waals surface area contributed by atoms with Crippen LogP contribution < -0.4 is 4.90 Å². The molecule has 0 N–H and O–H groups in total. The van der Waals surface area contributed by atoms with E-state index in [2.05, 4.69) is 254 Å². The molecule has 0 aliphatic heterocycles. The Labute approximate surface area is 382 Å². The summed E-state index contributed by atoms with van der Waals surface area (Å²) in [5.74, 6) is 0. The molecule has 65 heavy (non-hydrogen) atoms. The number of nitrogens with zero attached hydrogens (tertiary/aromatic N) is 1. The standard InChI is InChI=1S/C63H41NS/c1-4-16-42(17-5-1)46-19-14-24-50(40-46)64(51-37-39-55-54-26-12-13-29-58(54)63(59(55)41-51,47-20-6-2-7-21-47)48-22-8-3-9-23-48)49-35-32-44(33-36-49)53-27-15-28-56-57-38-34-45-31-30-43-18-10-11-25-52(43)60(45)62(57)65-61(53)56/h1-41H. The lowest BCUT2D eigenvalue weighted by Gasteiger charge is -2.35. The zero-order valence-electron chi connectivity index (χ0n) is 35.5. The quantitative estimate of drug-likeness (QED) is 0.145. The Hall–Kier alpha value is -8.04. The Bertz CT molecular complexity index is 3720. The van der Waals surface area contributed by atoms with Crippen LogP contribution in [0, 0.1) is 0 Å². The maximum Gasteiger partial charge on any atom is 0.0714 e. The van der Waals surface area contributed by atoms with Crippen molar-refractivity contribution in [2.45, 2.75) is 5.41 Å². The molecule has 1 heterocycles. The first-order valence-electron chi connectivity index (χ1n) is 22.4. The lowest BCUT2D eigenvalue weighted by molar-refractivity contribution is 0.768. The first-order chi connectivity index (χ1) is 32.2. The smallest absolute Gasteiger partial charge is 0.0714 e.